The molecule has 1 fully saturated rings. The molecule has 1 aromatic carbocycles. The molecule has 1 unspecified atom stereocenters. The molecule has 0 spiro atoms. The van der Waals surface area contributed by atoms with Crippen molar-refractivity contribution in [2.45, 2.75) is 18.6 Å². The maximum atomic E-state index is 12.1. The predicted octanol–water partition coefficient (Wildman–Crippen LogP) is 2.58. The molecule has 0 saturated carbocycles. The lowest BCUT2D eigenvalue weighted by Gasteiger charge is -2.34. The van der Waals surface area contributed by atoms with Crippen molar-refractivity contribution in [1.82, 2.24) is 15.5 Å². The van der Waals surface area contributed by atoms with E-state index < -0.39 is 0 Å². The first-order valence-electron chi connectivity index (χ1n) is 8.25. The SMILES string of the molecule is CCC1CN(C(=NC)NCCNC(=O)c2cccc(Br)c2)CCS1. The van der Waals surface area contributed by atoms with Gasteiger partial charge in [0.25, 0.3) is 5.91 Å². The van der Waals surface area contributed by atoms with Crippen LogP contribution in [0, 0.1) is 0 Å². The van der Waals surface area contributed by atoms with E-state index >= 15 is 0 Å². The van der Waals surface area contributed by atoms with Crippen molar-refractivity contribution in [2.24, 2.45) is 4.99 Å². The lowest BCUT2D eigenvalue weighted by Crippen LogP contribution is -2.49. The third-order valence-electron chi connectivity index (χ3n) is 3.89. The number of amides is 1. The Bertz CT molecular complexity index is 581. The van der Waals surface area contributed by atoms with E-state index in [1.807, 2.05) is 43.1 Å². The van der Waals surface area contributed by atoms with Gasteiger partial charge in [0.15, 0.2) is 5.96 Å². The van der Waals surface area contributed by atoms with Crippen molar-refractivity contribution in [1.29, 1.82) is 0 Å². The van der Waals surface area contributed by atoms with Gasteiger partial charge in [0.05, 0.1) is 0 Å². The first-order chi connectivity index (χ1) is 11.6. The summed E-state index contributed by atoms with van der Waals surface area (Å²) in [5, 5.41) is 6.95. The van der Waals surface area contributed by atoms with Gasteiger partial charge in [0, 0.05) is 54.3 Å². The number of nitrogens with zero attached hydrogens (tertiary/aromatic N) is 2. The van der Waals surface area contributed by atoms with Crippen LogP contribution in [0.2, 0.25) is 0 Å². The van der Waals surface area contributed by atoms with Crippen LogP contribution >= 0.6 is 27.7 Å². The average molecular weight is 413 g/mol. The second kappa shape index (κ2) is 9.93. The lowest BCUT2D eigenvalue weighted by atomic mass is 10.2. The minimum absolute atomic E-state index is 0.0616. The van der Waals surface area contributed by atoms with Crippen LogP contribution in [-0.4, -0.2) is 61.0 Å². The molecule has 1 aromatic rings. The largest absolute Gasteiger partial charge is 0.354 e. The van der Waals surface area contributed by atoms with Gasteiger partial charge < -0.3 is 15.5 Å². The van der Waals surface area contributed by atoms with Gasteiger partial charge in [-0.15, -0.1) is 0 Å². The van der Waals surface area contributed by atoms with Crippen molar-refractivity contribution >= 4 is 39.6 Å². The molecule has 1 amide bonds. The summed E-state index contributed by atoms with van der Waals surface area (Å²) in [6.07, 6.45) is 1.18. The van der Waals surface area contributed by atoms with E-state index in [1.54, 1.807) is 0 Å². The molecule has 1 aliphatic heterocycles. The number of carbonyl (C=O) groups excluding carboxylic acids is 1. The number of hydrogen-bond acceptors (Lipinski definition) is 3. The van der Waals surface area contributed by atoms with Crippen molar-refractivity contribution in [3.63, 3.8) is 0 Å². The number of guanidine groups is 1. The second-order valence-corrected chi connectivity index (χ2v) is 7.91. The van der Waals surface area contributed by atoms with Gasteiger partial charge in [-0.05, 0) is 24.6 Å². The van der Waals surface area contributed by atoms with Crippen LogP contribution in [0.5, 0.6) is 0 Å². The lowest BCUT2D eigenvalue weighted by molar-refractivity contribution is 0.0954. The monoisotopic (exact) mass is 412 g/mol. The minimum Gasteiger partial charge on any atom is -0.354 e. The summed E-state index contributed by atoms with van der Waals surface area (Å²) in [7, 11) is 1.81. The molecule has 2 N–H and O–H groups in total. The Kier molecular flexibility index (Phi) is 7.91. The highest BCUT2D eigenvalue weighted by molar-refractivity contribution is 9.10. The molecule has 1 heterocycles. The van der Waals surface area contributed by atoms with E-state index in [1.165, 1.54) is 6.42 Å². The third kappa shape index (κ3) is 5.70. The van der Waals surface area contributed by atoms with Crippen molar-refractivity contribution in [3.05, 3.63) is 34.3 Å². The van der Waals surface area contributed by atoms with Crippen LogP contribution in [0.1, 0.15) is 23.7 Å². The maximum Gasteiger partial charge on any atom is 0.251 e. The molecule has 1 atom stereocenters. The van der Waals surface area contributed by atoms with E-state index in [0.29, 0.717) is 23.9 Å². The molecule has 1 aliphatic rings. The van der Waals surface area contributed by atoms with Crippen LogP contribution in [0.4, 0.5) is 0 Å². The van der Waals surface area contributed by atoms with Crippen LogP contribution < -0.4 is 10.6 Å². The van der Waals surface area contributed by atoms with E-state index in [4.69, 9.17) is 0 Å². The quantitative estimate of drug-likeness (QED) is 0.443. The molecular formula is C17H25BrN4OS. The summed E-state index contributed by atoms with van der Waals surface area (Å²) in [6.45, 7) is 5.50. The van der Waals surface area contributed by atoms with Crippen LogP contribution in [-0.2, 0) is 0 Å². The van der Waals surface area contributed by atoms with Gasteiger partial charge in [-0.1, -0.05) is 28.9 Å². The zero-order valence-electron chi connectivity index (χ0n) is 14.2. The molecule has 0 aromatic heterocycles. The smallest absolute Gasteiger partial charge is 0.251 e. The van der Waals surface area contributed by atoms with E-state index in [0.717, 1.165) is 29.3 Å². The minimum atomic E-state index is -0.0616. The highest BCUT2D eigenvalue weighted by Gasteiger charge is 2.21. The summed E-state index contributed by atoms with van der Waals surface area (Å²) in [4.78, 5) is 18.8. The fraction of sp³-hybridized carbons (Fsp3) is 0.529. The molecule has 1 saturated heterocycles. The summed E-state index contributed by atoms with van der Waals surface area (Å²) in [6, 6.07) is 7.39. The standard InChI is InChI=1S/C17H25BrN4OS/c1-3-15-12-22(9-10-24-15)17(19-2)21-8-7-20-16(23)13-5-4-6-14(18)11-13/h4-6,11,15H,3,7-10,12H2,1-2H3,(H,19,21)(H,20,23). The first kappa shape index (κ1) is 19.1. The molecule has 0 bridgehead atoms. The molecular weight excluding hydrogens is 388 g/mol. The fourth-order valence-electron chi connectivity index (χ4n) is 2.57. The molecule has 0 aliphatic carbocycles. The van der Waals surface area contributed by atoms with Gasteiger partial charge >= 0.3 is 0 Å². The second-order valence-electron chi connectivity index (χ2n) is 5.59. The zero-order chi connectivity index (χ0) is 17.4. The number of thioether (sulfide) groups is 1. The van der Waals surface area contributed by atoms with Gasteiger partial charge in [-0.25, -0.2) is 0 Å². The normalized spacial score (nSPS) is 18.4. The van der Waals surface area contributed by atoms with Crippen molar-refractivity contribution in [3.8, 4) is 0 Å². The Morgan fingerprint density at radius 2 is 2.21 bits per heavy atom. The molecule has 7 heteroatoms. The highest BCUT2D eigenvalue weighted by atomic mass is 79.9. The van der Waals surface area contributed by atoms with E-state index in [9.17, 15) is 4.79 Å². The number of nitrogens with one attached hydrogen (secondary N) is 2. The van der Waals surface area contributed by atoms with Crippen LogP contribution in [0.15, 0.2) is 33.7 Å². The van der Waals surface area contributed by atoms with Gasteiger partial charge in [-0.3, -0.25) is 9.79 Å². The summed E-state index contributed by atoms with van der Waals surface area (Å²) < 4.78 is 0.905. The topological polar surface area (TPSA) is 56.7 Å². The van der Waals surface area contributed by atoms with E-state index in [2.05, 4.69) is 43.4 Å². The molecule has 132 valence electrons. The van der Waals surface area contributed by atoms with Gasteiger partial charge in [0.1, 0.15) is 0 Å². The number of carbonyl (C=O) groups is 1. The van der Waals surface area contributed by atoms with Gasteiger partial charge in [-0.2, -0.15) is 11.8 Å². The summed E-state index contributed by atoms with van der Waals surface area (Å²) in [5.41, 5.74) is 0.660. The number of aliphatic imine (C=N–C) groups is 1. The summed E-state index contributed by atoms with van der Waals surface area (Å²) >= 11 is 5.42. The van der Waals surface area contributed by atoms with Crippen molar-refractivity contribution in [2.75, 3.05) is 39.0 Å². The number of halogens is 1. The predicted molar refractivity (Wildman–Crippen MR) is 106 cm³/mol. The Hall–Kier alpha value is -1.21. The Balaban J connectivity index is 1.75. The van der Waals surface area contributed by atoms with Crippen molar-refractivity contribution < 1.29 is 4.79 Å². The Morgan fingerprint density at radius 3 is 2.92 bits per heavy atom. The van der Waals surface area contributed by atoms with Gasteiger partial charge in [0.2, 0.25) is 0 Å². The molecule has 2 rings (SSSR count). The summed E-state index contributed by atoms with van der Waals surface area (Å²) in [5.74, 6) is 2.00. The van der Waals surface area contributed by atoms with Crippen LogP contribution in [0.3, 0.4) is 0 Å². The van der Waals surface area contributed by atoms with Crippen LogP contribution in [0.25, 0.3) is 0 Å². The highest BCUT2D eigenvalue weighted by Crippen LogP contribution is 2.20. The zero-order valence-corrected chi connectivity index (χ0v) is 16.6. The fourth-order valence-corrected chi connectivity index (χ4v) is 4.15. The number of hydrogen-bond donors (Lipinski definition) is 2. The average Bonchev–Trinajstić information content (AvgIpc) is 2.61. The Morgan fingerprint density at radius 1 is 1.42 bits per heavy atom. The van der Waals surface area contributed by atoms with E-state index in [-0.39, 0.29) is 5.91 Å². The number of rotatable bonds is 5. The molecule has 5 nitrogen and oxygen atoms in total. The maximum absolute atomic E-state index is 12.1. The number of benzene rings is 1. The molecule has 24 heavy (non-hydrogen) atoms. The first-order valence-corrected chi connectivity index (χ1v) is 10.1. The third-order valence-corrected chi connectivity index (χ3v) is 5.75. The molecule has 0 radical (unpaired) electrons. The Labute approximate surface area is 156 Å².